The van der Waals surface area contributed by atoms with Gasteiger partial charge in [-0.15, -0.1) is 0 Å². The van der Waals surface area contributed by atoms with Gasteiger partial charge in [0.25, 0.3) is 0 Å². The van der Waals surface area contributed by atoms with Gasteiger partial charge in [-0.05, 0) is 24.3 Å². The molecule has 2 heterocycles. The molecule has 6 heteroatoms. The SMILES string of the molecule is Cn1cnc(-c2ccc(F)c(F)c2)c1-c1ccc2cn[nH]c2c1. The van der Waals surface area contributed by atoms with Crippen LogP contribution in [0, 0.1) is 11.6 Å². The fraction of sp³-hybridized carbons (Fsp3) is 0.0588. The number of aryl methyl sites for hydroxylation is 1. The highest BCUT2D eigenvalue weighted by atomic mass is 19.2. The zero-order valence-corrected chi connectivity index (χ0v) is 12.2. The standard InChI is InChI=1S/C17H12F2N4/c1-23-9-20-16(10-4-5-13(18)14(19)6-10)17(23)11-2-3-12-8-21-22-15(12)7-11/h2-9H,1H3,(H,21,22). The maximum absolute atomic E-state index is 13.5. The molecule has 2 aromatic carbocycles. The lowest BCUT2D eigenvalue weighted by molar-refractivity contribution is 0.509. The highest BCUT2D eigenvalue weighted by molar-refractivity contribution is 5.87. The lowest BCUT2D eigenvalue weighted by Crippen LogP contribution is -1.93. The molecule has 0 saturated heterocycles. The second kappa shape index (κ2) is 5.01. The number of fused-ring (bicyclic) bond motifs is 1. The first-order valence-corrected chi connectivity index (χ1v) is 7.04. The first-order chi connectivity index (χ1) is 11.1. The van der Waals surface area contributed by atoms with E-state index in [1.54, 1.807) is 12.5 Å². The van der Waals surface area contributed by atoms with Crippen molar-refractivity contribution in [1.29, 1.82) is 0 Å². The highest BCUT2D eigenvalue weighted by Crippen LogP contribution is 2.32. The Hall–Kier alpha value is -3.02. The Labute approximate surface area is 130 Å². The van der Waals surface area contributed by atoms with Gasteiger partial charge in [-0.25, -0.2) is 13.8 Å². The predicted octanol–water partition coefficient (Wildman–Crippen LogP) is 3.91. The third-order valence-electron chi connectivity index (χ3n) is 3.85. The topological polar surface area (TPSA) is 46.5 Å². The van der Waals surface area contributed by atoms with E-state index >= 15 is 0 Å². The molecule has 0 bridgehead atoms. The number of halogens is 2. The fourth-order valence-corrected chi connectivity index (χ4v) is 2.71. The van der Waals surface area contributed by atoms with Crippen molar-refractivity contribution in [3.8, 4) is 22.5 Å². The third kappa shape index (κ3) is 2.19. The van der Waals surface area contributed by atoms with Gasteiger partial charge < -0.3 is 4.57 Å². The van der Waals surface area contributed by atoms with Crippen LogP contribution < -0.4 is 0 Å². The molecule has 0 fully saturated rings. The molecule has 0 atom stereocenters. The van der Waals surface area contributed by atoms with Crippen molar-refractivity contribution in [2.45, 2.75) is 0 Å². The molecule has 2 aromatic heterocycles. The van der Waals surface area contributed by atoms with Crippen LogP contribution in [0.3, 0.4) is 0 Å². The summed E-state index contributed by atoms with van der Waals surface area (Å²) in [5, 5.41) is 7.94. The molecule has 0 saturated carbocycles. The van der Waals surface area contributed by atoms with Crippen molar-refractivity contribution in [1.82, 2.24) is 19.7 Å². The Morgan fingerprint density at radius 1 is 1.00 bits per heavy atom. The number of nitrogens with one attached hydrogen (secondary N) is 1. The van der Waals surface area contributed by atoms with E-state index in [1.807, 2.05) is 29.8 Å². The second-order valence-corrected chi connectivity index (χ2v) is 5.35. The molecule has 0 amide bonds. The first kappa shape index (κ1) is 13.6. The van der Waals surface area contributed by atoms with Crippen LogP contribution in [0.15, 0.2) is 48.9 Å². The maximum atomic E-state index is 13.5. The molecule has 23 heavy (non-hydrogen) atoms. The number of hydrogen-bond donors (Lipinski definition) is 1. The summed E-state index contributed by atoms with van der Waals surface area (Å²) in [6.45, 7) is 0. The molecule has 4 aromatic rings. The van der Waals surface area contributed by atoms with Gasteiger partial charge in [-0.3, -0.25) is 5.10 Å². The normalized spacial score (nSPS) is 11.3. The van der Waals surface area contributed by atoms with Crippen LogP contribution in [-0.4, -0.2) is 19.7 Å². The molecule has 1 N–H and O–H groups in total. The summed E-state index contributed by atoms with van der Waals surface area (Å²) in [5.41, 5.74) is 3.78. The Kier molecular flexibility index (Phi) is 2.97. The van der Waals surface area contributed by atoms with Crippen molar-refractivity contribution in [2.75, 3.05) is 0 Å². The number of imidazole rings is 1. The van der Waals surface area contributed by atoms with E-state index in [0.29, 0.717) is 11.3 Å². The van der Waals surface area contributed by atoms with Gasteiger partial charge in [-0.1, -0.05) is 12.1 Å². The summed E-state index contributed by atoms with van der Waals surface area (Å²) in [5.74, 6) is -1.76. The third-order valence-corrected chi connectivity index (χ3v) is 3.85. The molecule has 0 unspecified atom stereocenters. The van der Waals surface area contributed by atoms with Crippen LogP contribution >= 0.6 is 0 Å². The van der Waals surface area contributed by atoms with E-state index in [1.165, 1.54) is 6.07 Å². The van der Waals surface area contributed by atoms with Crippen molar-refractivity contribution in [3.05, 3.63) is 60.6 Å². The molecule has 4 rings (SSSR count). The highest BCUT2D eigenvalue weighted by Gasteiger charge is 2.15. The molecule has 4 nitrogen and oxygen atoms in total. The minimum Gasteiger partial charge on any atom is -0.333 e. The number of benzene rings is 2. The van der Waals surface area contributed by atoms with Gasteiger partial charge in [-0.2, -0.15) is 5.10 Å². The van der Waals surface area contributed by atoms with Gasteiger partial charge in [0.2, 0.25) is 0 Å². The second-order valence-electron chi connectivity index (χ2n) is 5.35. The minimum atomic E-state index is -0.886. The van der Waals surface area contributed by atoms with Crippen LogP contribution in [0.25, 0.3) is 33.4 Å². The van der Waals surface area contributed by atoms with Crippen LogP contribution in [0.4, 0.5) is 8.78 Å². The predicted molar refractivity (Wildman–Crippen MR) is 83.6 cm³/mol. The van der Waals surface area contributed by atoms with Crippen molar-refractivity contribution in [2.24, 2.45) is 7.05 Å². The number of H-pyrrole nitrogens is 1. The lowest BCUT2D eigenvalue weighted by atomic mass is 10.0. The largest absolute Gasteiger partial charge is 0.333 e. The van der Waals surface area contributed by atoms with Gasteiger partial charge >= 0.3 is 0 Å². The quantitative estimate of drug-likeness (QED) is 0.610. The molecule has 114 valence electrons. The number of aromatic nitrogens is 4. The van der Waals surface area contributed by atoms with E-state index in [9.17, 15) is 8.78 Å². The average Bonchev–Trinajstić information content (AvgIpc) is 3.15. The summed E-state index contributed by atoms with van der Waals surface area (Å²) in [6, 6.07) is 9.67. The van der Waals surface area contributed by atoms with Gasteiger partial charge in [0.15, 0.2) is 11.6 Å². The first-order valence-electron chi connectivity index (χ1n) is 7.04. The van der Waals surface area contributed by atoms with Crippen LogP contribution in [-0.2, 0) is 7.05 Å². The van der Waals surface area contributed by atoms with Crippen molar-refractivity contribution >= 4 is 10.9 Å². The summed E-state index contributed by atoms with van der Waals surface area (Å²) >= 11 is 0. The van der Waals surface area contributed by atoms with Gasteiger partial charge in [0.05, 0.1) is 29.4 Å². The average molecular weight is 310 g/mol. The van der Waals surface area contributed by atoms with E-state index in [4.69, 9.17) is 0 Å². The summed E-state index contributed by atoms with van der Waals surface area (Å²) in [6.07, 6.45) is 3.40. The molecular formula is C17H12F2N4. The fourth-order valence-electron chi connectivity index (χ4n) is 2.71. The van der Waals surface area contributed by atoms with Gasteiger partial charge in [0, 0.05) is 23.6 Å². The summed E-state index contributed by atoms with van der Waals surface area (Å²) in [7, 11) is 1.86. The molecule has 0 spiro atoms. The molecule has 0 radical (unpaired) electrons. The Balaban J connectivity index is 1.91. The Bertz CT molecular complexity index is 1020. The van der Waals surface area contributed by atoms with Crippen molar-refractivity contribution in [3.63, 3.8) is 0 Å². The Morgan fingerprint density at radius 3 is 2.65 bits per heavy atom. The number of aromatic amines is 1. The monoisotopic (exact) mass is 310 g/mol. The summed E-state index contributed by atoms with van der Waals surface area (Å²) < 4.78 is 28.6. The zero-order chi connectivity index (χ0) is 16.0. The molecule has 0 aliphatic heterocycles. The van der Waals surface area contributed by atoms with Gasteiger partial charge in [0.1, 0.15) is 0 Å². The Morgan fingerprint density at radius 2 is 1.83 bits per heavy atom. The van der Waals surface area contributed by atoms with E-state index in [2.05, 4.69) is 15.2 Å². The van der Waals surface area contributed by atoms with E-state index < -0.39 is 11.6 Å². The maximum Gasteiger partial charge on any atom is 0.159 e. The number of hydrogen-bond acceptors (Lipinski definition) is 2. The molecule has 0 aliphatic carbocycles. The van der Waals surface area contributed by atoms with E-state index in [0.717, 1.165) is 34.3 Å². The molecular weight excluding hydrogens is 298 g/mol. The lowest BCUT2D eigenvalue weighted by Gasteiger charge is -2.07. The zero-order valence-electron chi connectivity index (χ0n) is 12.2. The number of nitrogens with zero attached hydrogens (tertiary/aromatic N) is 3. The number of rotatable bonds is 2. The molecule has 0 aliphatic rings. The summed E-state index contributed by atoms with van der Waals surface area (Å²) in [4.78, 5) is 4.35. The van der Waals surface area contributed by atoms with E-state index in [-0.39, 0.29) is 0 Å². The minimum absolute atomic E-state index is 0.532. The van der Waals surface area contributed by atoms with Crippen LogP contribution in [0.1, 0.15) is 0 Å². The van der Waals surface area contributed by atoms with Crippen LogP contribution in [0.2, 0.25) is 0 Å². The van der Waals surface area contributed by atoms with Crippen LogP contribution in [0.5, 0.6) is 0 Å². The van der Waals surface area contributed by atoms with Crippen molar-refractivity contribution < 1.29 is 8.78 Å². The smallest absolute Gasteiger partial charge is 0.159 e.